The van der Waals surface area contributed by atoms with E-state index in [1.807, 2.05) is 233 Å². The third-order valence-electron chi connectivity index (χ3n) is 8.51. The van der Waals surface area contributed by atoms with Gasteiger partial charge in [0.2, 0.25) is 0 Å². The van der Waals surface area contributed by atoms with Crippen LogP contribution in [0.2, 0.25) is 0 Å². The van der Waals surface area contributed by atoms with Gasteiger partial charge < -0.3 is 26.0 Å². The maximum Gasteiger partial charge on any atom is 1.00 e. The van der Waals surface area contributed by atoms with Crippen molar-refractivity contribution in [3.05, 3.63) is 113 Å². The summed E-state index contributed by atoms with van der Waals surface area (Å²) < 4.78 is 14.3. The molecule has 0 aromatic heterocycles. The molecule has 1 unspecified atom stereocenters. The average molecular weight is 1910 g/mol. The molecule has 3 atom stereocenters. The number of nitrogens with zero attached hydrogens (tertiary/aromatic N) is 1. The number of methoxy groups -OCH3 is 3. The SMILES string of the molecule is COC(=O)C(C)C[C@H](c1ccccc1)c1ccc(C)c(C)c1.COC(=O)C1(C(=O)OC)C[C@H]1c1ccccc1.O=C=O.S=S=S=S=S=S=S=S=S=S=S=S=S=S=S=S=S=S=S=S=S=S=S=S=S=S=S=S=S=S=S=S=S=S=S=S.[Ar].[Ar].[C-]#N.[Cu+].[Li].[Li]. The maximum atomic E-state index is 11.8. The van der Waals surface area contributed by atoms with Crippen LogP contribution in [-0.2, 0) is 380 Å². The van der Waals surface area contributed by atoms with E-state index >= 15 is 0 Å². The first kappa shape index (κ1) is 103. The summed E-state index contributed by atoms with van der Waals surface area (Å²) >= 11 is 9.59. The molecule has 0 bridgehead atoms. The summed E-state index contributed by atoms with van der Waals surface area (Å²) in [5.74, 6) is -1.24. The van der Waals surface area contributed by atoms with Crippen molar-refractivity contribution in [3.8, 4) is 0 Å². The Morgan fingerprint density at radius 3 is 1.08 bits per heavy atom. The number of hydrogen-bond donors (Lipinski definition) is 0. The predicted octanol–water partition coefficient (Wildman–Crippen LogP) is 4.80. The molecule has 0 aliphatic heterocycles. The van der Waals surface area contributed by atoms with Crippen molar-refractivity contribution in [1.82, 2.24) is 0 Å². The number of benzene rings is 3. The van der Waals surface area contributed by atoms with Crippen molar-refractivity contribution in [1.29, 1.82) is 5.26 Å². The van der Waals surface area contributed by atoms with Crippen LogP contribution in [0.3, 0.4) is 0 Å². The second-order valence-electron chi connectivity index (χ2n) is 12.5. The standard InChI is InChI=1S/C20H24O2.C13H14O4.CN.CO2.2Ar.Cu.2Li.S36/c1-14-10-11-18(12-15(14)2)19(13-16(3)20(21)22-4)17-8-6-5-7-9-17;1-16-11(14)13(12(15)17-2)8-10(13)9-6-4-3-5-7-9;1-2;2-1-3;;;;;;1-3-5-7-9-11-13-15-17-19-21-23-25-27-29-31-33-35-36-34-32-30-28-26-24-22-20-18-16-14-12-10-8-6-4-2/h5-12,16,19H,13H2,1-4H3;3-7,10H,8H2,1-2H3;;;;;;;;/q;;-1;;;;+1;;;/t16?,19-;10-;;;;;;;;/m10......../s1. The molecule has 3 aromatic carbocycles. The van der Waals surface area contributed by atoms with E-state index in [2.05, 4.69) is 44.2 Å². The van der Waals surface area contributed by atoms with E-state index < -0.39 is 17.4 Å². The van der Waals surface area contributed by atoms with Gasteiger partial charge in [-0.3, -0.25) is 14.4 Å². The number of carbonyl (C=O) groups excluding carboxylic acids is 5. The number of esters is 3. The van der Waals surface area contributed by atoms with Crippen LogP contribution in [0.1, 0.15) is 59.4 Å². The van der Waals surface area contributed by atoms with Crippen LogP contribution in [0, 0.1) is 112 Å². The second-order valence-corrected chi connectivity index (χ2v) is 72.6. The molecule has 1 saturated carbocycles. The zero-order chi connectivity index (χ0) is 59.3. The molecule has 476 valence electrons. The van der Waals surface area contributed by atoms with Gasteiger partial charge in [0.15, 0.2) is 5.41 Å². The van der Waals surface area contributed by atoms with E-state index in [9.17, 15) is 14.4 Å². The number of rotatable bonds is 8. The summed E-state index contributed by atoms with van der Waals surface area (Å²) in [6.07, 6.45) is 1.45. The average Bonchev–Trinajstić information content (AvgIpc) is 1.71. The Morgan fingerprint density at radius 1 is 0.518 bits per heavy atom. The molecule has 85 heavy (non-hydrogen) atoms. The Bertz CT molecular complexity index is 4150. The van der Waals surface area contributed by atoms with Crippen molar-refractivity contribution in [3.63, 3.8) is 0 Å². The first-order valence-electron chi connectivity index (χ1n) is 19.6. The first-order valence-corrected chi connectivity index (χ1v) is 66.2. The molecule has 0 amide bonds. The van der Waals surface area contributed by atoms with E-state index in [1.54, 1.807) is 107 Å². The first-order chi connectivity index (χ1) is 39.0. The molecule has 2 radical (unpaired) electrons. The fourth-order valence-corrected chi connectivity index (χ4v) is 93.2. The van der Waals surface area contributed by atoms with E-state index in [0.717, 1.165) is 12.0 Å². The van der Waals surface area contributed by atoms with Crippen molar-refractivity contribution in [2.75, 3.05) is 21.3 Å². The molecule has 1 aliphatic carbocycles. The Morgan fingerprint density at radius 2 is 0.812 bits per heavy atom. The zero-order valence-electron chi connectivity index (χ0n) is 43.6. The van der Waals surface area contributed by atoms with Gasteiger partial charge in [-0.05, 0) is 54.5 Å². The van der Waals surface area contributed by atoms with Crippen molar-refractivity contribution >= 4 is 386 Å². The summed E-state index contributed by atoms with van der Waals surface area (Å²) in [5.41, 5.74) is 4.89. The van der Waals surface area contributed by atoms with Gasteiger partial charge in [-0.2, -0.15) is 9.59 Å². The van der Waals surface area contributed by atoms with Crippen molar-refractivity contribution in [2.24, 2.45) is 11.3 Å². The van der Waals surface area contributed by atoms with Crippen LogP contribution in [0.15, 0.2) is 78.9 Å². The van der Waals surface area contributed by atoms with Gasteiger partial charge in [-0.25, -0.2) is 0 Å². The summed E-state index contributed by atoms with van der Waals surface area (Å²) in [7, 11) is 64.1. The molecule has 1 fully saturated rings. The molecule has 0 spiro atoms. The Labute approximate surface area is 697 Å². The Hall–Kier alpha value is 7.09. The maximum absolute atomic E-state index is 11.8. The van der Waals surface area contributed by atoms with Gasteiger partial charge >= 0.3 is 41.1 Å². The molecular formula is C35H38Ar2CuLi2NO8S36. The fraction of sp³-hybridized carbons (Fsp3) is 0.343. The third kappa shape index (κ3) is 53.6. The molecule has 3 aromatic rings. The molecule has 0 N–H and O–H groups in total. The van der Waals surface area contributed by atoms with Gasteiger partial charge in [0.25, 0.3) is 0 Å². The van der Waals surface area contributed by atoms with Crippen LogP contribution in [0.25, 0.3) is 0 Å². The molecule has 50 heteroatoms. The van der Waals surface area contributed by atoms with Crippen LogP contribution >= 0.6 is 0 Å². The summed E-state index contributed by atoms with van der Waals surface area (Å²) in [4.78, 5) is 51.6. The van der Waals surface area contributed by atoms with Crippen LogP contribution in [0.4, 0.5) is 0 Å². The molecule has 1 aliphatic rings. The second kappa shape index (κ2) is 75.3. The summed E-state index contributed by atoms with van der Waals surface area (Å²) in [6.45, 7) is 10.9. The minimum absolute atomic E-state index is 0. The topological polar surface area (TPSA) is 137 Å². The Balaban J connectivity index is -0.000000273. The van der Waals surface area contributed by atoms with E-state index in [0.29, 0.717) is 6.42 Å². The molecule has 0 saturated heterocycles. The van der Waals surface area contributed by atoms with E-state index in [1.165, 1.54) is 61.3 Å². The normalized spacial score (nSPS) is 10.9. The number of hydrogen-bond acceptors (Lipinski definition) is 11. The van der Waals surface area contributed by atoms with Gasteiger partial charge in [0, 0.05) is 449 Å². The van der Waals surface area contributed by atoms with Gasteiger partial charge in [0.05, 0.1) is 27.2 Å². The van der Waals surface area contributed by atoms with Gasteiger partial charge in [-0.15, -0.1) is 0 Å². The van der Waals surface area contributed by atoms with Crippen LogP contribution in [-0.4, -0.2) is 83.1 Å². The monoisotopic (exact) mass is 1910 g/mol. The fourth-order valence-electron chi connectivity index (χ4n) is 5.39. The summed E-state index contributed by atoms with van der Waals surface area (Å²) in [6, 6.07) is 26.4. The number of aryl methyl sites for hydroxylation is 2. The van der Waals surface area contributed by atoms with E-state index in [-0.39, 0.29) is 160 Å². The zero-order valence-corrected chi connectivity index (χ0v) is 75.3. The summed E-state index contributed by atoms with van der Waals surface area (Å²) in [5, 5.41) is 6.25. The minimum atomic E-state index is -1.13. The van der Waals surface area contributed by atoms with E-state index in [4.69, 9.17) is 58.0 Å². The van der Waals surface area contributed by atoms with Gasteiger partial charge in [0.1, 0.15) is 0 Å². The number of ether oxygens (including phenoxy) is 3. The largest absolute Gasteiger partial charge is 1.00 e. The minimum Gasteiger partial charge on any atom is -0.512 e. The number of carbonyl (C=O) groups is 3. The molecule has 0 heterocycles. The van der Waals surface area contributed by atoms with Crippen molar-refractivity contribution in [2.45, 2.75) is 45.4 Å². The predicted molar refractivity (Wildman–Crippen MR) is 437 cm³/mol. The molecular weight excluding hydrogens is 1870 g/mol. The smallest absolute Gasteiger partial charge is 0.512 e. The molecule has 4 rings (SSSR count). The van der Waals surface area contributed by atoms with Crippen molar-refractivity contribution < 1.29 is 131 Å². The quantitative estimate of drug-likeness (QED) is 0.101. The molecule has 9 nitrogen and oxygen atoms in total. The third-order valence-corrected chi connectivity index (χ3v) is 81.8. The van der Waals surface area contributed by atoms with Crippen LogP contribution < -0.4 is 0 Å². The Kier molecular flexibility index (Phi) is 91.3. The van der Waals surface area contributed by atoms with Crippen LogP contribution in [0.5, 0.6) is 0 Å². The van der Waals surface area contributed by atoms with Gasteiger partial charge in [-0.1, -0.05) is 85.8 Å².